The highest BCUT2D eigenvalue weighted by molar-refractivity contribution is 9.10. The first kappa shape index (κ1) is 24.9. The maximum absolute atomic E-state index is 13.3. The normalized spacial score (nSPS) is 12.1. The van der Waals surface area contributed by atoms with Gasteiger partial charge in [-0.25, -0.2) is 8.42 Å². The Morgan fingerprint density at radius 1 is 1.06 bits per heavy atom. The van der Waals surface area contributed by atoms with Gasteiger partial charge in [0.2, 0.25) is 21.8 Å². The molecule has 0 radical (unpaired) electrons. The van der Waals surface area contributed by atoms with E-state index in [1.807, 2.05) is 37.3 Å². The summed E-state index contributed by atoms with van der Waals surface area (Å²) in [5, 5.41) is 2.81. The minimum Gasteiger partial charge on any atom is -0.354 e. The number of amides is 2. The van der Waals surface area contributed by atoms with Crippen molar-refractivity contribution >= 4 is 43.5 Å². The second-order valence-corrected chi connectivity index (χ2v) is 9.96. The summed E-state index contributed by atoms with van der Waals surface area (Å²) in [6.07, 6.45) is 1.83. The molecule has 31 heavy (non-hydrogen) atoms. The van der Waals surface area contributed by atoms with Crippen molar-refractivity contribution in [1.82, 2.24) is 10.2 Å². The number of carbonyl (C=O) groups is 2. The highest BCUT2D eigenvalue weighted by Crippen LogP contribution is 2.27. The lowest BCUT2D eigenvalue weighted by Gasteiger charge is -2.31. The number of sulfonamides is 1. The van der Waals surface area contributed by atoms with Crippen LogP contribution in [0.2, 0.25) is 0 Å². The molecule has 2 aromatic rings. The van der Waals surface area contributed by atoms with E-state index in [1.165, 1.54) is 4.90 Å². The fraction of sp³-hybridized carbons (Fsp3) is 0.364. The van der Waals surface area contributed by atoms with Crippen molar-refractivity contribution in [3.63, 3.8) is 0 Å². The lowest BCUT2D eigenvalue weighted by Crippen LogP contribution is -2.51. The highest BCUT2D eigenvalue weighted by Gasteiger charge is 2.30. The number of halogens is 1. The Morgan fingerprint density at radius 3 is 2.26 bits per heavy atom. The van der Waals surface area contributed by atoms with Gasteiger partial charge in [0.1, 0.15) is 12.6 Å². The molecule has 1 N–H and O–H groups in total. The van der Waals surface area contributed by atoms with E-state index in [0.717, 1.165) is 22.5 Å². The average molecular weight is 510 g/mol. The Kier molecular flexibility index (Phi) is 9.06. The van der Waals surface area contributed by atoms with Crippen molar-refractivity contribution in [1.29, 1.82) is 0 Å². The van der Waals surface area contributed by atoms with Crippen LogP contribution in [-0.4, -0.2) is 50.5 Å². The van der Waals surface area contributed by atoms with Gasteiger partial charge in [0, 0.05) is 17.6 Å². The maximum atomic E-state index is 13.3. The molecule has 2 aromatic carbocycles. The molecule has 2 rings (SSSR count). The Morgan fingerprint density at radius 2 is 1.68 bits per heavy atom. The first-order chi connectivity index (χ1) is 14.6. The zero-order valence-corrected chi connectivity index (χ0v) is 20.3. The van der Waals surface area contributed by atoms with Gasteiger partial charge in [-0.3, -0.25) is 13.9 Å². The number of nitrogens with one attached hydrogen (secondary N) is 1. The van der Waals surface area contributed by atoms with E-state index in [4.69, 9.17) is 0 Å². The lowest BCUT2D eigenvalue weighted by molar-refractivity contribution is -0.139. The minimum absolute atomic E-state index is 0.188. The van der Waals surface area contributed by atoms with Crippen LogP contribution in [0.1, 0.15) is 25.8 Å². The van der Waals surface area contributed by atoms with Crippen LogP contribution in [-0.2, 0) is 26.2 Å². The number of carbonyl (C=O) groups excluding carboxylic acids is 2. The predicted octanol–water partition coefficient (Wildman–Crippen LogP) is 3.16. The van der Waals surface area contributed by atoms with E-state index >= 15 is 0 Å². The predicted molar refractivity (Wildman–Crippen MR) is 126 cm³/mol. The summed E-state index contributed by atoms with van der Waals surface area (Å²) in [5.74, 6) is -0.748. The number of para-hydroxylation sites is 1. The van der Waals surface area contributed by atoms with Crippen molar-refractivity contribution in [2.75, 3.05) is 23.7 Å². The van der Waals surface area contributed by atoms with Gasteiger partial charge in [-0.05, 0) is 47.0 Å². The summed E-state index contributed by atoms with van der Waals surface area (Å²) in [6, 6.07) is 15.3. The molecular formula is C22H28BrN3O4S. The van der Waals surface area contributed by atoms with E-state index in [2.05, 4.69) is 21.2 Å². The third kappa shape index (κ3) is 7.07. The van der Waals surface area contributed by atoms with Crippen molar-refractivity contribution in [3.05, 3.63) is 64.6 Å². The van der Waals surface area contributed by atoms with Gasteiger partial charge in [-0.2, -0.15) is 0 Å². The molecule has 0 fully saturated rings. The van der Waals surface area contributed by atoms with Gasteiger partial charge >= 0.3 is 0 Å². The fourth-order valence-electron chi connectivity index (χ4n) is 3.01. The lowest BCUT2D eigenvalue weighted by atomic mass is 10.1. The van der Waals surface area contributed by atoms with Crippen molar-refractivity contribution in [2.24, 2.45) is 0 Å². The molecule has 0 aromatic heterocycles. The first-order valence-corrected chi connectivity index (χ1v) is 12.6. The number of rotatable bonds is 10. The van der Waals surface area contributed by atoms with Crippen LogP contribution in [0, 0.1) is 0 Å². The first-order valence-electron chi connectivity index (χ1n) is 9.98. The summed E-state index contributed by atoms with van der Waals surface area (Å²) >= 11 is 3.36. The molecule has 7 nitrogen and oxygen atoms in total. The van der Waals surface area contributed by atoms with Crippen LogP contribution >= 0.6 is 15.9 Å². The Balaban J connectivity index is 2.35. The van der Waals surface area contributed by atoms with Crippen molar-refractivity contribution in [3.8, 4) is 0 Å². The summed E-state index contributed by atoms with van der Waals surface area (Å²) in [4.78, 5) is 27.3. The average Bonchev–Trinajstić information content (AvgIpc) is 2.74. The second-order valence-electron chi connectivity index (χ2n) is 7.20. The summed E-state index contributed by atoms with van der Waals surface area (Å²) in [7, 11) is -3.75. The second kappa shape index (κ2) is 11.3. The van der Waals surface area contributed by atoms with Crippen LogP contribution in [0.15, 0.2) is 59.1 Å². The maximum Gasteiger partial charge on any atom is 0.244 e. The molecule has 1 atom stereocenters. The van der Waals surface area contributed by atoms with E-state index in [1.54, 1.807) is 31.2 Å². The Bertz CT molecular complexity index is 999. The molecule has 0 unspecified atom stereocenters. The molecular weight excluding hydrogens is 482 g/mol. The smallest absolute Gasteiger partial charge is 0.244 e. The van der Waals surface area contributed by atoms with E-state index in [-0.39, 0.29) is 12.5 Å². The molecule has 0 saturated heterocycles. The topological polar surface area (TPSA) is 86.8 Å². The molecule has 9 heteroatoms. The van der Waals surface area contributed by atoms with Crippen LogP contribution in [0.4, 0.5) is 5.69 Å². The van der Waals surface area contributed by atoms with E-state index in [0.29, 0.717) is 16.7 Å². The fourth-order valence-corrected chi connectivity index (χ4v) is 4.49. The van der Waals surface area contributed by atoms with Gasteiger partial charge in [-0.15, -0.1) is 0 Å². The zero-order valence-electron chi connectivity index (χ0n) is 17.9. The van der Waals surface area contributed by atoms with Crippen molar-refractivity contribution < 1.29 is 18.0 Å². The van der Waals surface area contributed by atoms with Crippen molar-refractivity contribution in [2.45, 2.75) is 32.9 Å². The third-order valence-corrected chi connectivity index (χ3v) is 6.51. The molecule has 0 aliphatic rings. The van der Waals surface area contributed by atoms with Gasteiger partial charge in [-0.1, -0.05) is 49.4 Å². The molecule has 0 heterocycles. The van der Waals surface area contributed by atoms with Gasteiger partial charge < -0.3 is 10.2 Å². The van der Waals surface area contributed by atoms with E-state index < -0.39 is 28.5 Å². The number of anilines is 1. The largest absolute Gasteiger partial charge is 0.354 e. The number of benzene rings is 2. The van der Waals surface area contributed by atoms with Crippen LogP contribution in [0.5, 0.6) is 0 Å². The molecule has 0 spiro atoms. The van der Waals surface area contributed by atoms with Crippen LogP contribution in [0.25, 0.3) is 0 Å². The Labute approximate surface area is 192 Å². The number of hydrogen-bond donors (Lipinski definition) is 1. The van der Waals surface area contributed by atoms with E-state index in [9.17, 15) is 18.0 Å². The SMILES string of the molecule is CCCNC(=O)[C@@H](C)N(Cc1ccccc1)C(=O)CN(c1ccccc1Br)S(C)(=O)=O. The zero-order chi connectivity index (χ0) is 23.0. The molecule has 0 bridgehead atoms. The summed E-state index contributed by atoms with van der Waals surface area (Å²) < 4.78 is 26.6. The Hall–Kier alpha value is -2.39. The minimum atomic E-state index is -3.75. The molecule has 168 valence electrons. The standard InChI is InChI=1S/C22H28BrN3O4S/c1-4-14-24-22(28)17(2)25(15-18-10-6-5-7-11-18)21(27)16-26(31(3,29)30)20-13-9-8-12-19(20)23/h5-13,17H,4,14-16H2,1-3H3,(H,24,28)/t17-/m1/s1. The number of hydrogen-bond acceptors (Lipinski definition) is 4. The summed E-state index contributed by atoms with van der Waals surface area (Å²) in [5.41, 5.74) is 1.21. The van der Waals surface area contributed by atoms with Gasteiger partial charge in [0.15, 0.2) is 0 Å². The molecule has 2 amide bonds. The summed E-state index contributed by atoms with van der Waals surface area (Å²) in [6.45, 7) is 3.87. The molecule has 0 saturated carbocycles. The van der Waals surface area contributed by atoms with Gasteiger partial charge in [0.05, 0.1) is 11.9 Å². The highest BCUT2D eigenvalue weighted by atomic mass is 79.9. The number of nitrogens with zero attached hydrogens (tertiary/aromatic N) is 2. The molecule has 0 aliphatic heterocycles. The third-order valence-electron chi connectivity index (χ3n) is 4.71. The monoisotopic (exact) mass is 509 g/mol. The van der Waals surface area contributed by atoms with Crippen LogP contribution in [0.3, 0.4) is 0 Å². The molecule has 0 aliphatic carbocycles. The quantitative estimate of drug-likeness (QED) is 0.532. The van der Waals surface area contributed by atoms with Gasteiger partial charge in [0.25, 0.3) is 0 Å². The van der Waals surface area contributed by atoms with Crippen LogP contribution < -0.4 is 9.62 Å².